The van der Waals surface area contributed by atoms with Crippen molar-refractivity contribution in [2.75, 3.05) is 20.1 Å². The van der Waals surface area contributed by atoms with E-state index in [2.05, 4.69) is 10.4 Å². The number of likely N-dealkylation sites (tertiary alicyclic amines) is 1. The zero-order chi connectivity index (χ0) is 16.4. The maximum Gasteiger partial charge on any atom is 0.257 e. The predicted octanol–water partition coefficient (Wildman–Crippen LogP) is 2.14. The number of rotatable bonds is 3. The monoisotopic (exact) mass is 316 g/mol. The van der Waals surface area contributed by atoms with Crippen molar-refractivity contribution in [2.45, 2.75) is 25.8 Å². The first-order valence-corrected chi connectivity index (χ1v) is 7.88. The molecule has 1 fully saturated rings. The second-order valence-electron chi connectivity index (χ2n) is 5.89. The normalized spacial score (nSPS) is 18.2. The first-order valence-electron chi connectivity index (χ1n) is 7.88. The van der Waals surface area contributed by atoms with Gasteiger partial charge in [0.1, 0.15) is 11.5 Å². The van der Waals surface area contributed by atoms with Gasteiger partial charge in [-0.3, -0.25) is 4.79 Å². The number of hydrogen-bond acceptors (Lipinski definition) is 3. The lowest BCUT2D eigenvalue weighted by molar-refractivity contribution is 0.0697. The van der Waals surface area contributed by atoms with E-state index in [4.69, 9.17) is 0 Å². The lowest BCUT2D eigenvalue weighted by Gasteiger charge is -2.32. The molecule has 6 heteroatoms. The van der Waals surface area contributed by atoms with Gasteiger partial charge >= 0.3 is 0 Å². The third kappa shape index (κ3) is 2.99. The highest BCUT2D eigenvalue weighted by Gasteiger charge is 2.26. The molecule has 2 aromatic rings. The lowest BCUT2D eigenvalue weighted by atomic mass is 10.0. The first kappa shape index (κ1) is 15.7. The number of aromatic nitrogens is 2. The zero-order valence-corrected chi connectivity index (χ0v) is 13.4. The van der Waals surface area contributed by atoms with Gasteiger partial charge in [0.25, 0.3) is 5.91 Å². The standard InChI is InChI=1S/C17H21FN4O/c1-12-14(17(23)21-9-5-6-13(11-21)19-2)10-20-22(12)16-8-4-3-7-15(16)18/h3-4,7-8,10,13,19H,5-6,9,11H2,1-2H3/t13-/m0/s1. The number of amides is 1. The van der Waals surface area contributed by atoms with E-state index in [1.165, 1.54) is 16.9 Å². The Morgan fingerprint density at radius 2 is 2.17 bits per heavy atom. The molecule has 0 unspecified atom stereocenters. The van der Waals surface area contributed by atoms with E-state index in [1.54, 1.807) is 25.1 Å². The molecule has 1 amide bonds. The Morgan fingerprint density at radius 3 is 2.91 bits per heavy atom. The molecule has 5 nitrogen and oxygen atoms in total. The van der Waals surface area contributed by atoms with E-state index < -0.39 is 0 Å². The van der Waals surface area contributed by atoms with E-state index in [9.17, 15) is 9.18 Å². The van der Waals surface area contributed by atoms with E-state index in [0.29, 0.717) is 29.5 Å². The average Bonchev–Trinajstić information content (AvgIpc) is 2.96. The molecule has 1 N–H and O–H groups in total. The smallest absolute Gasteiger partial charge is 0.257 e. The molecule has 0 radical (unpaired) electrons. The van der Waals surface area contributed by atoms with Crippen LogP contribution in [-0.4, -0.2) is 46.8 Å². The van der Waals surface area contributed by atoms with Crippen LogP contribution in [0.25, 0.3) is 5.69 Å². The van der Waals surface area contributed by atoms with Gasteiger partial charge in [0.15, 0.2) is 0 Å². The van der Waals surface area contributed by atoms with E-state index in [-0.39, 0.29) is 11.7 Å². The molecule has 0 saturated carbocycles. The van der Waals surface area contributed by atoms with E-state index in [1.807, 2.05) is 11.9 Å². The molecule has 1 aliphatic heterocycles. The number of carbonyl (C=O) groups is 1. The van der Waals surface area contributed by atoms with Gasteiger partial charge in [-0.2, -0.15) is 5.10 Å². The Balaban J connectivity index is 1.87. The molecule has 0 aliphatic carbocycles. The van der Waals surface area contributed by atoms with Crippen LogP contribution >= 0.6 is 0 Å². The van der Waals surface area contributed by atoms with Gasteiger partial charge in [-0.15, -0.1) is 0 Å². The summed E-state index contributed by atoms with van der Waals surface area (Å²) in [5.74, 6) is -0.393. The molecule has 1 saturated heterocycles. The number of hydrogen-bond donors (Lipinski definition) is 1. The Bertz CT molecular complexity index is 712. The van der Waals surface area contributed by atoms with Crippen molar-refractivity contribution < 1.29 is 9.18 Å². The minimum Gasteiger partial charge on any atom is -0.337 e. The van der Waals surface area contributed by atoms with Crippen molar-refractivity contribution in [3.63, 3.8) is 0 Å². The quantitative estimate of drug-likeness (QED) is 0.944. The summed E-state index contributed by atoms with van der Waals surface area (Å²) in [5.41, 5.74) is 1.55. The first-order chi connectivity index (χ1) is 11.1. The van der Waals surface area contributed by atoms with Crippen LogP contribution in [0.5, 0.6) is 0 Å². The van der Waals surface area contributed by atoms with Crippen LogP contribution in [0.2, 0.25) is 0 Å². The Labute approximate surface area is 135 Å². The van der Waals surface area contributed by atoms with Crippen molar-refractivity contribution in [3.8, 4) is 5.69 Å². The van der Waals surface area contributed by atoms with Crippen LogP contribution in [0, 0.1) is 12.7 Å². The van der Waals surface area contributed by atoms with Gasteiger partial charge in [-0.1, -0.05) is 12.1 Å². The fraction of sp³-hybridized carbons (Fsp3) is 0.412. The Hall–Kier alpha value is -2.21. The predicted molar refractivity (Wildman–Crippen MR) is 86.2 cm³/mol. The number of nitrogens with zero attached hydrogens (tertiary/aromatic N) is 3. The summed E-state index contributed by atoms with van der Waals surface area (Å²) in [5, 5.41) is 7.44. The maximum atomic E-state index is 14.0. The van der Waals surface area contributed by atoms with Crippen molar-refractivity contribution in [2.24, 2.45) is 0 Å². The van der Waals surface area contributed by atoms with Crippen molar-refractivity contribution in [1.29, 1.82) is 0 Å². The van der Waals surface area contributed by atoms with Gasteiger partial charge in [0.05, 0.1) is 17.5 Å². The summed E-state index contributed by atoms with van der Waals surface area (Å²) in [4.78, 5) is 14.6. The highest BCUT2D eigenvalue weighted by Crippen LogP contribution is 2.20. The summed E-state index contributed by atoms with van der Waals surface area (Å²) in [7, 11) is 1.92. The van der Waals surface area contributed by atoms with Crippen molar-refractivity contribution >= 4 is 5.91 Å². The molecule has 122 valence electrons. The summed E-state index contributed by atoms with van der Waals surface area (Å²) in [6.07, 6.45) is 3.60. The van der Waals surface area contributed by atoms with Crippen LogP contribution in [0.1, 0.15) is 28.9 Å². The van der Waals surface area contributed by atoms with Gasteiger partial charge in [-0.25, -0.2) is 9.07 Å². The summed E-state index contributed by atoms with van der Waals surface area (Å²) >= 11 is 0. The Morgan fingerprint density at radius 1 is 1.39 bits per heavy atom. The number of likely N-dealkylation sites (N-methyl/N-ethyl adjacent to an activating group) is 1. The van der Waals surface area contributed by atoms with E-state index >= 15 is 0 Å². The number of benzene rings is 1. The van der Waals surface area contributed by atoms with E-state index in [0.717, 1.165) is 19.4 Å². The number of para-hydroxylation sites is 1. The molecule has 0 spiro atoms. The third-order valence-corrected chi connectivity index (χ3v) is 4.44. The van der Waals surface area contributed by atoms with Crippen molar-refractivity contribution in [1.82, 2.24) is 20.0 Å². The summed E-state index contributed by atoms with van der Waals surface area (Å²) in [6, 6.07) is 6.76. The fourth-order valence-electron chi connectivity index (χ4n) is 3.05. The number of piperidine rings is 1. The van der Waals surface area contributed by atoms with Crippen molar-refractivity contribution in [3.05, 3.63) is 47.5 Å². The average molecular weight is 316 g/mol. The lowest BCUT2D eigenvalue weighted by Crippen LogP contribution is -2.47. The molecule has 0 bridgehead atoms. The number of carbonyl (C=O) groups excluding carboxylic acids is 1. The van der Waals surface area contributed by atoms with Crippen LogP contribution < -0.4 is 5.32 Å². The molecule has 2 heterocycles. The van der Waals surface area contributed by atoms with Crippen LogP contribution in [0.15, 0.2) is 30.5 Å². The minimum atomic E-state index is -0.356. The fourth-order valence-corrected chi connectivity index (χ4v) is 3.05. The van der Waals surface area contributed by atoms with Gasteiger partial charge in [-0.05, 0) is 38.9 Å². The molecular weight excluding hydrogens is 295 g/mol. The topological polar surface area (TPSA) is 50.2 Å². The molecule has 1 aromatic carbocycles. The Kier molecular flexibility index (Phi) is 4.43. The largest absolute Gasteiger partial charge is 0.337 e. The van der Waals surface area contributed by atoms with Gasteiger partial charge in [0.2, 0.25) is 0 Å². The number of halogens is 1. The van der Waals surface area contributed by atoms with Crippen LogP contribution in [0.4, 0.5) is 4.39 Å². The molecule has 23 heavy (non-hydrogen) atoms. The highest BCUT2D eigenvalue weighted by atomic mass is 19.1. The van der Waals surface area contributed by atoms with Crippen LogP contribution in [0.3, 0.4) is 0 Å². The molecular formula is C17H21FN4O. The third-order valence-electron chi connectivity index (χ3n) is 4.44. The summed E-state index contributed by atoms with van der Waals surface area (Å²) in [6.45, 7) is 3.24. The SMILES string of the molecule is CN[C@H]1CCCN(C(=O)c2cnn(-c3ccccc3F)c2C)C1. The highest BCUT2D eigenvalue weighted by molar-refractivity contribution is 5.95. The minimum absolute atomic E-state index is 0.0370. The van der Waals surface area contributed by atoms with Crippen LogP contribution in [-0.2, 0) is 0 Å². The summed E-state index contributed by atoms with van der Waals surface area (Å²) < 4.78 is 15.4. The zero-order valence-electron chi connectivity index (χ0n) is 13.4. The second-order valence-corrected chi connectivity index (χ2v) is 5.89. The second kappa shape index (κ2) is 6.50. The molecule has 3 rings (SSSR count). The van der Waals surface area contributed by atoms with Gasteiger partial charge < -0.3 is 10.2 Å². The number of nitrogens with one attached hydrogen (secondary N) is 1. The molecule has 1 aromatic heterocycles. The van der Waals surface area contributed by atoms with Gasteiger partial charge in [0, 0.05) is 19.1 Å². The maximum absolute atomic E-state index is 14.0. The molecule has 1 atom stereocenters. The molecule has 1 aliphatic rings.